The molecule has 0 saturated carbocycles. The van der Waals surface area contributed by atoms with Gasteiger partial charge < -0.3 is 34.3 Å². The van der Waals surface area contributed by atoms with Crippen molar-refractivity contribution in [2.75, 3.05) is 19.0 Å². The molecular weight excluding hydrogens is 789 g/mol. The second-order valence-electron chi connectivity index (χ2n) is 16.1. The van der Waals surface area contributed by atoms with Crippen LogP contribution in [-0.4, -0.2) is 96.0 Å². The number of carbonyl (C=O) groups is 2. The molecule has 0 aromatic carbocycles. The van der Waals surface area contributed by atoms with Crippen LogP contribution in [0.3, 0.4) is 0 Å². The molecule has 1 aliphatic rings. The number of allylic oxidation sites excluding steroid dienone is 8. The lowest BCUT2D eigenvalue weighted by Gasteiger charge is -2.40. The molecule has 3 unspecified atom stereocenters. The summed E-state index contributed by atoms with van der Waals surface area (Å²) in [6, 6.07) is 0. The lowest BCUT2D eigenvalue weighted by atomic mass is 10.00. The molecule has 348 valence electrons. The Kier molecular flexibility index (Phi) is 34.5. The molecule has 1 heterocycles. The fraction of sp³-hybridized carbons (Fsp3) is 0.787. The van der Waals surface area contributed by atoms with Gasteiger partial charge in [0, 0.05) is 12.8 Å². The molecule has 0 spiro atoms. The first-order valence-electron chi connectivity index (χ1n) is 23.2. The van der Waals surface area contributed by atoms with Gasteiger partial charge in [-0.15, -0.1) is 0 Å². The molecule has 4 N–H and O–H groups in total. The van der Waals surface area contributed by atoms with Crippen LogP contribution in [0, 0.1) is 0 Å². The highest BCUT2D eigenvalue weighted by atomic mass is 32.2. The van der Waals surface area contributed by atoms with Crippen molar-refractivity contribution in [3.63, 3.8) is 0 Å². The van der Waals surface area contributed by atoms with Crippen LogP contribution in [0.1, 0.15) is 181 Å². The summed E-state index contributed by atoms with van der Waals surface area (Å²) in [6.45, 7) is 3.59. The zero-order valence-corrected chi connectivity index (χ0v) is 37.9. The molecule has 12 nitrogen and oxygen atoms in total. The van der Waals surface area contributed by atoms with Crippen LogP contribution >= 0.6 is 0 Å². The Labute approximate surface area is 363 Å². The van der Waals surface area contributed by atoms with Crippen LogP contribution < -0.4 is 0 Å². The minimum atomic E-state index is -4.61. The van der Waals surface area contributed by atoms with Crippen molar-refractivity contribution in [2.24, 2.45) is 0 Å². The van der Waals surface area contributed by atoms with Gasteiger partial charge in [-0.05, 0) is 32.1 Å². The highest BCUT2D eigenvalue weighted by Crippen LogP contribution is 2.24. The van der Waals surface area contributed by atoms with Crippen LogP contribution in [0.15, 0.2) is 48.6 Å². The number of esters is 2. The molecule has 0 aromatic rings. The molecule has 60 heavy (non-hydrogen) atoms. The Morgan fingerprint density at radius 2 is 1.05 bits per heavy atom. The van der Waals surface area contributed by atoms with E-state index in [1.165, 1.54) is 96.3 Å². The van der Waals surface area contributed by atoms with Crippen molar-refractivity contribution in [3.05, 3.63) is 48.6 Å². The van der Waals surface area contributed by atoms with E-state index in [4.69, 9.17) is 18.9 Å². The van der Waals surface area contributed by atoms with Crippen molar-refractivity contribution < 1.29 is 56.8 Å². The maximum Gasteiger partial charge on any atom is 0.306 e. The first-order chi connectivity index (χ1) is 29.0. The second kappa shape index (κ2) is 37.2. The maximum absolute atomic E-state index is 12.8. The fourth-order valence-corrected chi connectivity index (χ4v) is 7.61. The number of aliphatic hydroxyl groups excluding tert-OH is 3. The van der Waals surface area contributed by atoms with E-state index < -0.39 is 71.2 Å². The number of hydrogen-bond acceptors (Lipinski definition) is 11. The molecule has 0 bridgehead atoms. The van der Waals surface area contributed by atoms with E-state index in [-0.39, 0.29) is 19.4 Å². The van der Waals surface area contributed by atoms with Crippen LogP contribution in [-0.2, 0) is 38.7 Å². The van der Waals surface area contributed by atoms with Gasteiger partial charge in [-0.2, -0.15) is 8.42 Å². The smallest absolute Gasteiger partial charge is 0.306 e. The average Bonchev–Trinajstić information content (AvgIpc) is 3.21. The van der Waals surface area contributed by atoms with Crippen LogP contribution in [0.5, 0.6) is 0 Å². The summed E-state index contributed by atoms with van der Waals surface area (Å²) in [5, 5.41) is 30.9. The van der Waals surface area contributed by atoms with E-state index >= 15 is 0 Å². The zero-order chi connectivity index (χ0) is 44.1. The average molecular weight is 871 g/mol. The second-order valence-corrected chi connectivity index (χ2v) is 17.6. The standard InChI is InChI=1S/C47H82O12S/c1-3-5-7-9-11-13-15-17-18-19-20-21-22-24-25-27-29-31-33-35-42(48)56-37-40(38-57-47-46(52)45(51)44(50)41(59-47)39-60(53,54)55)58-43(49)36-34-32-30-28-26-23-16-14-12-10-8-6-4-2/h6,8,10,12,14,16,23,26,40-41,44-47,50-52H,3-5,7,9,11,13,15,17-22,24-25,27-39H2,1-2H3,(H,53,54,55)/b8-6+,12-10+,16-14+,26-23+/t40?,41-,44-,45?,46?,47+/m1/s1. The lowest BCUT2D eigenvalue weighted by molar-refractivity contribution is -0.297. The summed E-state index contributed by atoms with van der Waals surface area (Å²) in [5.74, 6) is -2.03. The van der Waals surface area contributed by atoms with E-state index in [1.807, 2.05) is 36.5 Å². The monoisotopic (exact) mass is 871 g/mol. The molecular formula is C47H82O12S. The van der Waals surface area contributed by atoms with Gasteiger partial charge in [-0.1, -0.05) is 184 Å². The molecule has 1 rings (SSSR count). The molecule has 1 saturated heterocycles. The van der Waals surface area contributed by atoms with Gasteiger partial charge in [-0.3, -0.25) is 14.1 Å². The van der Waals surface area contributed by atoms with Crippen molar-refractivity contribution in [1.29, 1.82) is 0 Å². The van der Waals surface area contributed by atoms with Gasteiger partial charge in [0.1, 0.15) is 36.8 Å². The molecule has 0 radical (unpaired) electrons. The van der Waals surface area contributed by atoms with Crippen molar-refractivity contribution in [1.82, 2.24) is 0 Å². The predicted molar refractivity (Wildman–Crippen MR) is 238 cm³/mol. The fourth-order valence-electron chi connectivity index (χ4n) is 6.92. The minimum Gasteiger partial charge on any atom is -0.462 e. The summed E-state index contributed by atoms with van der Waals surface area (Å²) in [4.78, 5) is 25.4. The van der Waals surface area contributed by atoms with Crippen molar-refractivity contribution in [2.45, 2.75) is 218 Å². The number of carbonyl (C=O) groups excluding carboxylic acids is 2. The topological polar surface area (TPSA) is 186 Å². The number of unbranched alkanes of at least 4 members (excludes halogenated alkanes) is 21. The number of hydrogen-bond donors (Lipinski definition) is 4. The van der Waals surface area contributed by atoms with Gasteiger partial charge >= 0.3 is 11.9 Å². The Morgan fingerprint density at radius 3 is 1.57 bits per heavy atom. The number of ether oxygens (including phenoxy) is 4. The van der Waals surface area contributed by atoms with Crippen molar-refractivity contribution >= 4 is 22.1 Å². The molecule has 6 atom stereocenters. The summed E-state index contributed by atoms with van der Waals surface area (Å²) >= 11 is 0. The summed E-state index contributed by atoms with van der Waals surface area (Å²) < 4.78 is 54.0. The van der Waals surface area contributed by atoms with Gasteiger partial charge in [0.2, 0.25) is 0 Å². The van der Waals surface area contributed by atoms with Gasteiger partial charge in [-0.25, -0.2) is 0 Å². The summed E-state index contributed by atoms with van der Waals surface area (Å²) in [5.41, 5.74) is 0. The Balaban J connectivity index is 2.42. The Morgan fingerprint density at radius 1 is 0.583 bits per heavy atom. The van der Waals surface area contributed by atoms with E-state index in [0.717, 1.165) is 44.9 Å². The normalized spacial score (nSPS) is 20.5. The summed E-state index contributed by atoms with van der Waals surface area (Å²) in [7, 11) is -4.61. The zero-order valence-electron chi connectivity index (χ0n) is 37.1. The third-order valence-corrected chi connectivity index (χ3v) is 11.3. The summed E-state index contributed by atoms with van der Waals surface area (Å²) in [6.07, 6.45) is 34.5. The molecule has 13 heteroatoms. The van der Waals surface area contributed by atoms with E-state index in [1.54, 1.807) is 0 Å². The number of rotatable bonds is 38. The molecule has 1 fully saturated rings. The highest BCUT2D eigenvalue weighted by Gasteiger charge is 2.46. The first kappa shape index (κ1) is 55.6. The van der Waals surface area contributed by atoms with Crippen LogP contribution in [0.2, 0.25) is 0 Å². The first-order valence-corrected chi connectivity index (χ1v) is 24.9. The third-order valence-electron chi connectivity index (χ3n) is 10.5. The SMILES string of the molecule is CC/C=C/C=C/C=C/C=C/CCCCCC(=O)OC(COC(=O)CCCCCCCCCCCCCCCCCCCCC)CO[C@H]1O[C@H](CS(=O)(=O)O)[C@@H](O)C(O)C1O. The Bertz CT molecular complexity index is 1300. The lowest BCUT2D eigenvalue weighted by Crippen LogP contribution is -2.60. The minimum absolute atomic E-state index is 0.118. The molecule has 0 amide bonds. The van der Waals surface area contributed by atoms with Crippen LogP contribution in [0.25, 0.3) is 0 Å². The Hall–Kier alpha value is -2.39. The van der Waals surface area contributed by atoms with Crippen LogP contribution in [0.4, 0.5) is 0 Å². The van der Waals surface area contributed by atoms with E-state index in [9.17, 15) is 37.9 Å². The predicted octanol–water partition coefficient (Wildman–Crippen LogP) is 9.56. The van der Waals surface area contributed by atoms with Crippen molar-refractivity contribution in [3.8, 4) is 0 Å². The molecule has 0 aromatic heterocycles. The third kappa shape index (κ3) is 31.5. The quantitative estimate of drug-likeness (QED) is 0.0200. The largest absolute Gasteiger partial charge is 0.462 e. The molecule has 1 aliphatic heterocycles. The van der Waals surface area contributed by atoms with Gasteiger partial charge in [0.25, 0.3) is 10.1 Å². The van der Waals surface area contributed by atoms with Gasteiger partial charge in [0.15, 0.2) is 12.4 Å². The van der Waals surface area contributed by atoms with E-state index in [2.05, 4.69) is 26.0 Å². The maximum atomic E-state index is 12.8. The van der Waals surface area contributed by atoms with E-state index in [0.29, 0.717) is 12.8 Å². The highest BCUT2D eigenvalue weighted by molar-refractivity contribution is 7.85. The van der Waals surface area contributed by atoms with Gasteiger partial charge in [0.05, 0.1) is 6.61 Å². The molecule has 0 aliphatic carbocycles. The number of aliphatic hydroxyl groups is 3.